The molecule has 0 saturated carbocycles. The van der Waals surface area contributed by atoms with Gasteiger partial charge in [0.05, 0.1) is 11.3 Å². The fourth-order valence-corrected chi connectivity index (χ4v) is 3.95. The average Bonchev–Trinajstić information content (AvgIpc) is 3.35. The maximum absolute atomic E-state index is 12.7. The molecule has 0 aliphatic carbocycles. The molecule has 7 nitrogen and oxygen atoms in total. The van der Waals surface area contributed by atoms with Gasteiger partial charge in [0.2, 0.25) is 5.56 Å². The molecule has 0 radical (unpaired) electrons. The molecule has 1 aliphatic rings. The van der Waals surface area contributed by atoms with E-state index in [0.717, 1.165) is 12.0 Å². The van der Waals surface area contributed by atoms with Gasteiger partial charge in [-0.1, -0.05) is 0 Å². The van der Waals surface area contributed by atoms with E-state index in [1.807, 2.05) is 16.8 Å². The Morgan fingerprint density at radius 3 is 2.89 bits per heavy atom. The lowest BCUT2D eigenvalue weighted by molar-refractivity contribution is 0.0789. The molecule has 0 spiro atoms. The minimum Gasteiger partial charge on any atom is -0.338 e. The second-order valence-electron chi connectivity index (χ2n) is 6.63. The Labute approximate surface area is 158 Å². The molecule has 8 heteroatoms. The van der Waals surface area contributed by atoms with Crippen molar-refractivity contribution in [1.29, 1.82) is 0 Å². The van der Waals surface area contributed by atoms with Crippen molar-refractivity contribution in [3.8, 4) is 11.3 Å². The van der Waals surface area contributed by atoms with Crippen LogP contribution in [0.4, 0.5) is 0 Å². The molecule has 138 valence electrons. The summed E-state index contributed by atoms with van der Waals surface area (Å²) in [4.78, 5) is 45.5. The van der Waals surface area contributed by atoms with Crippen LogP contribution in [-0.4, -0.2) is 38.4 Å². The standard InChI is InChI=1S/C19H18N4O3S/c1-22-9-13(2-3-17(22)25)19(26)23-6-4-12(10-23)18-20-15(8-16(24)21-18)14-5-7-27-11-14/h2-3,5,7-9,11-12H,4,6,10H2,1H3,(H,20,21,24). The van der Waals surface area contributed by atoms with Gasteiger partial charge in [0.1, 0.15) is 5.82 Å². The smallest absolute Gasteiger partial charge is 0.255 e. The van der Waals surface area contributed by atoms with E-state index in [0.29, 0.717) is 30.2 Å². The summed E-state index contributed by atoms with van der Waals surface area (Å²) in [7, 11) is 1.62. The molecule has 3 aromatic heterocycles. The number of H-pyrrole nitrogens is 1. The van der Waals surface area contributed by atoms with E-state index in [1.165, 1.54) is 16.7 Å². The zero-order chi connectivity index (χ0) is 19.0. The number of aromatic nitrogens is 3. The molecule has 3 aromatic rings. The van der Waals surface area contributed by atoms with Crippen LogP contribution in [0.15, 0.2) is 50.8 Å². The number of thiophene rings is 1. The van der Waals surface area contributed by atoms with Crippen LogP contribution in [0.1, 0.15) is 28.5 Å². The molecule has 1 fully saturated rings. The Morgan fingerprint density at radius 1 is 1.30 bits per heavy atom. The van der Waals surface area contributed by atoms with E-state index in [2.05, 4.69) is 9.97 Å². The molecular formula is C19H18N4O3S. The van der Waals surface area contributed by atoms with Crippen LogP contribution in [0.25, 0.3) is 11.3 Å². The van der Waals surface area contributed by atoms with Gasteiger partial charge in [-0.3, -0.25) is 14.4 Å². The van der Waals surface area contributed by atoms with Gasteiger partial charge < -0.3 is 14.5 Å². The van der Waals surface area contributed by atoms with Crippen molar-refractivity contribution in [1.82, 2.24) is 19.4 Å². The topological polar surface area (TPSA) is 88.1 Å². The highest BCUT2D eigenvalue weighted by atomic mass is 32.1. The summed E-state index contributed by atoms with van der Waals surface area (Å²) in [6.07, 6.45) is 2.28. The first kappa shape index (κ1) is 17.4. The van der Waals surface area contributed by atoms with E-state index >= 15 is 0 Å². The summed E-state index contributed by atoms with van der Waals surface area (Å²) in [5.41, 5.74) is 1.70. The first-order valence-electron chi connectivity index (χ1n) is 8.61. The normalized spacial score (nSPS) is 16.6. The lowest BCUT2D eigenvalue weighted by Crippen LogP contribution is -2.30. The summed E-state index contributed by atoms with van der Waals surface area (Å²) >= 11 is 1.55. The third kappa shape index (κ3) is 3.48. The highest BCUT2D eigenvalue weighted by Gasteiger charge is 2.30. The second-order valence-corrected chi connectivity index (χ2v) is 7.41. The van der Waals surface area contributed by atoms with E-state index in [1.54, 1.807) is 35.5 Å². The Bertz CT molecular complexity index is 1100. The molecule has 1 unspecified atom stereocenters. The Kier molecular flexibility index (Phi) is 4.49. The number of carbonyl (C=O) groups is 1. The Morgan fingerprint density at radius 2 is 2.15 bits per heavy atom. The van der Waals surface area contributed by atoms with Crippen molar-refractivity contribution < 1.29 is 4.79 Å². The van der Waals surface area contributed by atoms with Crippen LogP contribution in [-0.2, 0) is 7.05 Å². The average molecular weight is 382 g/mol. The van der Waals surface area contributed by atoms with Crippen molar-refractivity contribution in [2.75, 3.05) is 13.1 Å². The zero-order valence-electron chi connectivity index (χ0n) is 14.7. The van der Waals surface area contributed by atoms with Crippen LogP contribution in [0, 0.1) is 0 Å². The van der Waals surface area contributed by atoms with Crippen molar-refractivity contribution in [3.63, 3.8) is 0 Å². The van der Waals surface area contributed by atoms with E-state index in [-0.39, 0.29) is 22.9 Å². The number of nitrogens with one attached hydrogen (secondary N) is 1. The predicted molar refractivity (Wildman–Crippen MR) is 103 cm³/mol. The van der Waals surface area contributed by atoms with Gasteiger partial charge in [-0.05, 0) is 23.9 Å². The summed E-state index contributed by atoms with van der Waals surface area (Å²) in [5, 5.41) is 3.90. The van der Waals surface area contributed by atoms with Crippen molar-refractivity contribution in [2.45, 2.75) is 12.3 Å². The van der Waals surface area contributed by atoms with Gasteiger partial charge in [-0.2, -0.15) is 11.3 Å². The summed E-state index contributed by atoms with van der Waals surface area (Å²) in [6, 6.07) is 6.37. The number of hydrogen-bond acceptors (Lipinski definition) is 5. The minimum atomic E-state index is -0.191. The molecule has 0 bridgehead atoms. The molecule has 0 aromatic carbocycles. The van der Waals surface area contributed by atoms with E-state index < -0.39 is 0 Å². The van der Waals surface area contributed by atoms with Gasteiger partial charge >= 0.3 is 0 Å². The fourth-order valence-electron chi connectivity index (χ4n) is 3.30. The minimum absolute atomic E-state index is 0.0206. The summed E-state index contributed by atoms with van der Waals surface area (Å²) in [5.74, 6) is 0.469. The molecule has 1 atom stereocenters. The van der Waals surface area contributed by atoms with Crippen LogP contribution >= 0.6 is 11.3 Å². The quantitative estimate of drug-likeness (QED) is 0.749. The zero-order valence-corrected chi connectivity index (χ0v) is 15.5. The maximum Gasteiger partial charge on any atom is 0.255 e. The number of amides is 1. The molecule has 4 rings (SSSR count). The van der Waals surface area contributed by atoms with Gasteiger partial charge in [0.15, 0.2) is 0 Å². The highest BCUT2D eigenvalue weighted by Crippen LogP contribution is 2.27. The molecular weight excluding hydrogens is 364 g/mol. The first-order valence-corrected chi connectivity index (χ1v) is 9.55. The van der Waals surface area contributed by atoms with Crippen LogP contribution in [0.2, 0.25) is 0 Å². The van der Waals surface area contributed by atoms with Crippen molar-refractivity contribution in [2.24, 2.45) is 7.05 Å². The highest BCUT2D eigenvalue weighted by molar-refractivity contribution is 7.08. The third-order valence-electron chi connectivity index (χ3n) is 4.77. The number of aromatic amines is 1. The molecule has 4 heterocycles. The Hall–Kier alpha value is -3.00. The lowest BCUT2D eigenvalue weighted by Gasteiger charge is -2.17. The number of carbonyl (C=O) groups excluding carboxylic acids is 1. The SMILES string of the molecule is Cn1cc(C(=O)N2CCC(c3nc(-c4ccsc4)cc(=O)[nH]3)C2)ccc1=O. The maximum atomic E-state index is 12.7. The van der Waals surface area contributed by atoms with Gasteiger partial charge in [-0.25, -0.2) is 4.98 Å². The molecule has 1 aliphatic heterocycles. The summed E-state index contributed by atoms with van der Waals surface area (Å²) < 4.78 is 1.39. The van der Waals surface area contributed by atoms with E-state index in [9.17, 15) is 14.4 Å². The van der Waals surface area contributed by atoms with Gasteiger partial charge in [0.25, 0.3) is 11.5 Å². The predicted octanol–water partition coefficient (Wildman–Crippen LogP) is 1.83. The fraction of sp³-hybridized carbons (Fsp3) is 0.263. The second kappa shape index (κ2) is 6.96. The third-order valence-corrected chi connectivity index (χ3v) is 5.46. The molecule has 1 N–H and O–H groups in total. The number of likely N-dealkylation sites (tertiary alicyclic amines) is 1. The number of aryl methyl sites for hydroxylation is 1. The van der Waals surface area contributed by atoms with Crippen LogP contribution in [0.5, 0.6) is 0 Å². The van der Waals surface area contributed by atoms with Crippen LogP contribution < -0.4 is 11.1 Å². The largest absolute Gasteiger partial charge is 0.338 e. The van der Waals surface area contributed by atoms with Crippen molar-refractivity contribution in [3.05, 3.63) is 73.3 Å². The first-order chi connectivity index (χ1) is 13.0. The summed E-state index contributed by atoms with van der Waals surface area (Å²) in [6.45, 7) is 1.07. The number of rotatable bonds is 3. The van der Waals surface area contributed by atoms with E-state index in [4.69, 9.17) is 0 Å². The van der Waals surface area contributed by atoms with Gasteiger partial charge in [-0.15, -0.1) is 0 Å². The lowest BCUT2D eigenvalue weighted by atomic mass is 10.1. The number of pyridine rings is 1. The van der Waals surface area contributed by atoms with Crippen molar-refractivity contribution >= 4 is 17.2 Å². The monoisotopic (exact) mass is 382 g/mol. The molecule has 1 amide bonds. The number of nitrogens with zero attached hydrogens (tertiary/aromatic N) is 3. The molecule has 27 heavy (non-hydrogen) atoms. The Balaban J connectivity index is 1.56. The number of hydrogen-bond donors (Lipinski definition) is 1. The van der Waals surface area contributed by atoms with Gasteiger partial charge in [0, 0.05) is 55.3 Å². The van der Waals surface area contributed by atoms with Crippen LogP contribution in [0.3, 0.4) is 0 Å². The molecule has 1 saturated heterocycles.